The SMILES string of the molecule is O=C(C#CCF)OC(=O)C#CCF. The highest BCUT2D eigenvalue weighted by Crippen LogP contribution is 1.78. The van der Waals surface area contributed by atoms with Gasteiger partial charge in [0.1, 0.15) is 0 Å². The van der Waals surface area contributed by atoms with Gasteiger partial charge in [0.25, 0.3) is 0 Å². The lowest BCUT2D eigenvalue weighted by Gasteiger charge is -1.87. The first-order valence-electron chi connectivity index (χ1n) is 3.06. The van der Waals surface area contributed by atoms with E-state index < -0.39 is 25.3 Å². The monoisotopic (exact) mass is 186 g/mol. The van der Waals surface area contributed by atoms with Crippen molar-refractivity contribution in [3.63, 3.8) is 0 Å². The minimum atomic E-state index is -1.21. The minimum absolute atomic E-state index is 1.01. The molecule has 0 fully saturated rings. The number of ether oxygens (including phenoxy) is 1. The smallest absolute Gasteiger partial charge is 0.373 e. The van der Waals surface area contributed by atoms with Crippen molar-refractivity contribution < 1.29 is 23.1 Å². The van der Waals surface area contributed by atoms with Crippen LogP contribution in [0.2, 0.25) is 0 Å². The quantitative estimate of drug-likeness (QED) is 0.231. The summed E-state index contributed by atoms with van der Waals surface area (Å²) < 4.78 is 26.6. The zero-order chi connectivity index (χ0) is 10.1. The van der Waals surface area contributed by atoms with Gasteiger partial charge in [0, 0.05) is 11.8 Å². The summed E-state index contributed by atoms with van der Waals surface area (Å²) in [6.07, 6.45) is 0. The molecule has 0 saturated heterocycles. The van der Waals surface area contributed by atoms with Crippen LogP contribution in [-0.2, 0) is 14.3 Å². The second kappa shape index (κ2) is 6.81. The molecule has 0 bridgehead atoms. The second-order valence-electron chi connectivity index (χ2n) is 1.55. The van der Waals surface area contributed by atoms with Crippen LogP contribution in [0.3, 0.4) is 0 Å². The third-order valence-electron chi connectivity index (χ3n) is 0.700. The molecule has 0 atom stereocenters. The lowest BCUT2D eigenvalue weighted by atomic mass is 10.6. The number of halogens is 2. The Morgan fingerprint density at radius 1 is 1.00 bits per heavy atom. The maximum absolute atomic E-state index is 11.3. The molecule has 0 spiro atoms. The fourth-order valence-corrected chi connectivity index (χ4v) is 0.346. The molecule has 0 aromatic carbocycles. The molecular formula is C8H4F2O3. The Morgan fingerprint density at radius 2 is 1.38 bits per heavy atom. The van der Waals surface area contributed by atoms with Crippen LogP contribution in [0, 0.1) is 23.7 Å². The predicted molar refractivity (Wildman–Crippen MR) is 38.6 cm³/mol. The summed E-state index contributed by atoms with van der Waals surface area (Å²) in [5, 5.41) is 0. The third kappa shape index (κ3) is 6.52. The van der Waals surface area contributed by atoms with Crippen molar-refractivity contribution in [3.05, 3.63) is 0 Å². The summed E-state index contributed by atoms with van der Waals surface area (Å²) >= 11 is 0. The highest BCUT2D eigenvalue weighted by Gasteiger charge is 2.02. The lowest BCUT2D eigenvalue weighted by Crippen LogP contribution is -2.08. The molecule has 0 rings (SSSR count). The largest absolute Gasteiger partial charge is 0.392 e. The van der Waals surface area contributed by atoms with Crippen molar-refractivity contribution in [2.45, 2.75) is 0 Å². The van der Waals surface area contributed by atoms with Crippen LogP contribution < -0.4 is 0 Å². The average molecular weight is 186 g/mol. The fraction of sp³-hybridized carbons (Fsp3) is 0.250. The number of hydrogen-bond donors (Lipinski definition) is 0. The fourth-order valence-electron chi connectivity index (χ4n) is 0.346. The molecule has 5 heteroatoms. The van der Waals surface area contributed by atoms with Gasteiger partial charge >= 0.3 is 11.9 Å². The molecule has 0 aliphatic rings. The predicted octanol–water partition coefficient (Wildman–Crippen LogP) is 0.00200. The molecule has 0 aromatic heterocycles. The molecular weight excluding hydrogens is 182 g/mol. The Hall–Kier alpha value is -1.88. The van der Waals surface area contributed by atoms with Crippen molar-refractivity contribution >= 4 is 11.9 Å². The summed E-state index contributed by atoms with van der Waals surface area (Å²) in [4.78, 5) is 20.9. The van der Waals surface area contributed by atoms with E-state index >= 15 is 0 Å². The highest BCUT2D eigenvalue weighted by molar-refractivity contribution is 6.02. The van der Waals surface area contributed by atoms with Gasteiger partial charge in [-0.2, -0.15) is 0 Å². The number of carbonyl (C=O) groups excluding carboxylic acids is 2. The second-order valence-corrected chi connectivity index (χ2v) is 1.55. The lowest BCUT2D eigenvalue weighted by molar-refractivity contribution is -0.151. The first-order chi connectivity index (χ1) is 6.20. The molecule has 0 aromatic rings. The number of carbonyl (C=O) groups is 2. The normalized spacial score (nSPS) is 7.23. The van der Waals surface area contributed by atoms with E-state index in [2.05, 4.69) is 4.74 Å². The molecule has 0 amide bonds. The van der Waals surface area contributed by atoms with Gasteiger partial charge in [-0.1, -0.05) is 11.8 Å². The Labute approximate surface area is 73.1 Å². The summed E-state index contributed by atoms with van der Waals surface area (Å²) in [5.74, 6) is 4.41. The summed E-state index contributed by atoms with van der Waals surface area (Å²) in [6, 6.07) is 0. The Balaban J connectivity index is 4.00. The Morgan fingerprint density at radius 3 is 1.69 bits per heavy atom. The van der Waals surface area contributed by atoms with Gasteiger partial charge in [-0.15, -0.1) is 0 Å². The van der Waals surface area contributed by atoms with Crippen molar-refractivity contribution in [2.75, 3.05) is 13.3 Å². The molecule has 68 valence electrons. The van der Waals surface area contributed by atoms with E-state index in [-0.39, 0.29) is 0 Å². The average Bonchev–Trinajstić information content (AvgIpc) is 2.11. The third-order valence-corrected chi connectivity index (χ3v) is 0.700. The van der Waals surface area contributed by atoms with Crippen LogP contribution in [0.1, 0.15) is 0 Å². The van der Waals surface area contributed by atoms with Crippen LogP contribution >= 0.6 is 0 Å². The maximum atomic E-state index is 11.3. The van der Waals surface area contributed by atoms with Crippen molar-refractivity contribution in [1.29, 1.82) is 0 Å². The summed E-state index contributed by atoms with van der Waals surface area (Å²) in [7, 11) is 0. The van der Waals surface area contributed by atoms with Crippen molar-refractivity contribution in [3.8, 4) is 23.7 Å². The van der Waals surface area contributed by atoms with E-state index in [0.29, 0.717) is 0 Å². The Kier molecular flexibility index (Phi) is 5.82. The standard InChI is InChI=1S/C8H4F2O3/c9-5-1-3-7(11)13-8(12)4-2-6-10/h5-6H2. The van der Waals surface area contributed by atoms with Gasteiger partial charge in [-0.25, -0.2) is 18.4 Å². The van der Waals surface area contributed by atoms with Gasteiger partial charge in [0.2, 0.25) is 0 Å². The molecule has 0 heterocycles. The van der Waals surface area contributed by atoms with Gasteiger partial charge in [-0.05, 0) is 0 Å². The minimum Gasteiger partial charge on any atom is -0.373 e. The van der Waals surface area contributed by atoms with Gasteiger partial charge < -0.3 is 4.74 Å². The highest BCUT2D eigenvalue weighted by atomic mass is 19.1. The summed E-state index contributed by atoms with van der Waals surface area (Å²) in [5.41, 5.74) is 0. The number of rotatable bonds is 0. The first kappa shape index (κ1) is 11.1. The van der Waals surface area contributed by atoms with E-state index in [9.17, 15) is 18.4 Å². The van der Waals surface area contributed by atoms with Crippen LogP contribution in [-0.4, -0.2) is 25.3 Å². The molecule has 0 unspecified atom stereocenters. The summed E-state index contributed by atoms with van der Waals surface area (Å²) in [6.45, 7) is -2.03. The van der Waals surface area contributed by atoms with E-state index in [1.54, 1.807) is 23.7 Å². The molecule has 0 aliphatic heterocycles. The Bertz CT molecular complexity index is 282. The van der Waals surface area contributed by atoms with Gasteiger partial charge in [0.05, 0.1) is 0 Å². The van der Waals surface area contributed by atoms with E-state index in [4.69, 9.17) is 0 Å². The van der Waals surface area contributed by atoms with E-state index in [0.717, 1.165) is 0 Å². The molecule has 0 radical (unpaired) electrons. The van der Waals surface area contributed by atoms with Crippen LogP contribution in [0.5, 0.6) is 0 Å². The van der Waals surface area contributed by atoms with Crippen molar-refractivity contribution in [1.82, 2.24) is 0 Å². The van der Waals surface area contributed by atoms with E-state index in [1.807, 2.05) is 0 Å². The first-order valence-corrected chi connectivity index (χ1v) is 3.06. The molecule has 0 N–H and O–H groups in total. The zero-order valence-corrected chi connectivity index (χ0v) is 6.39. The number of esters is 2. The van der Waals surface area contributed by atoms with Crippen molar-refractivity contribution in [2.24, 2.45) is 0 Å². The molecule has 13 heavy (non-hydrogen) atoms. The molecule has 3 nitrogen and oxygen atoms in total. The maximum Gasteiger partial charge on any atom is 0.392 e. The van der Waals surface area contributed by atoms with Gasteiger partial charge in [0.15, 0.2) is 13.3 Å². The van der Waals surface area contributed by atoms with Crippen LogP contribution in [0.4, 0.5) is 8.78 Å². The van der Waals surface area contributed by atoms with E-state index in [1.165, 1.54) is 0 Å². The number of hydrogen-bond acceptors (Lipinski definition) is 3. The van der Waals surface area contributed by atoms with Crippen LogP contribution in [0.25, 0.3) is 0 Å². The zero-order valence-electron chi connectivity index (χ0n) is 6.39. The number of alkyl halides is 2. The van der Waals surface area contributed by atoms with Crippen LogP contribution in [0.15, 0.2) is 0 Å². The molecule has 0 aliphatic carbocycles. The topological polar surface area (TPSA) is 43.4 Å². The van der Waals surface area contributed by atoms with Gasteiger partial charge in [-0.3, -0.25) is 0 Å². The molecule has 0 saturated carbocycles.